The van der Waals surface area contributed by atoms with Crippen molar-refractivity contribution in [1.82, 2.24) is 5.43 Å². The SMILES string of the molecule is CCC(C)CSCc1ccc(C(=O)NN)s1. The molecule has 0 aliphatic rings. The zero-order valence-corrected chi connectivity index (χ0v) is 11.3. The highest BCUT2D eigenvalue weighted by molar-refractivity contribution is 7.98. The number of carbonyl (C=O) groups is 1. The van der Waals surface area contributed by atoms with Crippen LogP contribution >= 0.6 is 23.1 Å². The Kier molecular flexibility index (Phi) is 5.87. The molecule has 1 unspecified atom stereocenters. The molecule has 3 nitrogen and oxygen atoms in total. The Morgan fingerprint density at radius 3 is 3.00 bits per heavy atom. The molecule has 0 saturated carbocycles. The van der Waals surface area contributed by atoms with Crippen molar-refractivity contribution in [2.75, 3.05) is 5.75 Å². The van der Waals surface area contributed by atoms with Crippen LogP contribution in [0.2, 0.25) is 0 Å². The van der Waals surface area contributed by atoms with Crippen LogP contribution in [0.25, 0.3) is 0 Å². The third-order valence-corrected chi connectivity index (χ3v) is 4.95. The van der Waals surface area contributed by atoms with Gasteiger partial charge in [0.1, 0.15) is 0 Å². The Hall–Kier alpha value is -0.520. The lowest BCUT2D eigenvalue weighted by Crippen LogP contribution is -2.29. The molecule has 1 atom stereocenters. The van der Waals surface area contributed by atoms with Crippen LogP contribution in [0, 0.1) is 5.92 Å². The van der Waals surface area contributed by atoms with Gasteiger partial charge in [0.2, 0.25) is 0 Å². The molecule has 0 fully saturated rings. The predicted molar refractivity (Wildman–Crippen MR) is 71.6 cm³/mol. The second-order valence-electron chi connectivity index (χ2n) is 3.77. The summed E-state index contributed by atoms with van der Waals surface area (Å²) in [6.07, 6.45) is 1.22. The molecule has 1 aromatic heterocycles. The molecule has 0 aromatic carbocycles. The zero-order valence-electron chi connectivity index (χ0n) is 9.66. The highest BCUT2D eigenvalue weighted by Gasteiger charge is 2.07. The van der Waals surface area contributed by atoms with Crippen molar-refractivity contribution in [3.8, 4) is 0 Å². The van der Waals surface area contributed by atoms with Crippen LogP contribution in [0.4, 0.5) is 0 Å². The number of nitrogen functional groups attached to an aromatic ring is 1. The molecule has 3 N–H and O–H groups in total. The van der Waals surface area contributed by atoms with E-state index in [0.29, 0.717) is 4.88 Å². The van der Waals surface area contributed by atoms with E-state index in [4.69, 9.17) is 5.84 Å². The van der Waals surface area contributed by atoms with Gasteiger partial charge in [-0.15, -0.1) is 11.3 Å². The van der Waals surface area contributed by atoms with Gasteiger partial charge >= 0.3 is 0 Å². The van der Waals surface area contributed by atoms with Crippen molar-refractivity contribution in [3.63, 3.8) is 0 Å². The summed E-state index contributed by atoms with van der Waals surface area (Å²) in [6.45, 7) is 4.47. The van der Waals surface area contributed by atoms with Gasteiger partial charge < -0.3 is 0 Å². The van der Waals surface area contributed by atoms with E-state index >= 15 is 0 Å². The second kappa shape index (κ2) is 6.93. The number of hydrogen-bond acceptors (Lipinski definition) is 4. The topological polar surface area (TPSA) is 55.1 Å². The van der Waals surface area contributed by atoms with Crippen molar-refractivity contribution in [1.29, 1.82) is 0 Å². The van der Waals surface area contributed by atoms with E-state index in [1.165, 1.54) is 28.4 Å². The molecule has 0 aliphatic carbocycles. The van der Waals surface area contributed by atoms with Crippen LogP contribution in [0.5, 0.6) is 0 Å². The van der Waals surface area contributed by atoms with Gasteiger partial charge in [-0.1, -0.05) is 20.3 Å². The summed E-state index contributed by atoms with van der Waals surface area (Å²) in [6, 6.07) is 3.82. The van der Waals surface area contributed by atoms with Crippen LogP contribution in [-0.2, 0) is 5.75 Å². The third-order valence-electron chi connectivity index (χ3n) is 2.36. The van der Waals surface area contributed by atoms with Gasteiger partial charge in [0.25, 0.3) is 5.91 Å². The van der Waals surface area contributed by atoms with Crippen molar-refractivity contribution in [2.45, 2.75) is 26.0 Å². The lowest BCUT2D eigenvalue weighted by molar-refractivity contribution is 0.0957. The minimum absolute atomic E-state index is 0.205. The van der Waals surface area contributed by atoms with Gasteiger partial charge in [0.05, 0.1) is 4.88 Å². The van der Waals surface area contributed by atoms with Crippen LogP contribution in [-0.4, -0.2) is 11.7 Å². The van der Waals surface area contributed by atoms with E-state index in [2.05, 4.69) is 19.3 Å². The normalized spacial score (nSPS) is 12.4. The third kappa shape index (κ3) is 4.15. The first-order valence-electron chi connectivity index (χ1n) is 5.34. The lowest BCUT2D eigenvalue weighted by Gasteiger charge is -2.06. The van der Waals surface area contributed by atoms with Gasteiger partial charge in [-0.05, 0) is 23.8 Å². The molecular formula is C11H18N2OS2. The highest BCUT2D eigenvalue weighted by atomic mass is 32.2. The van der Waals surface area contributed by atoms with Gasteiger partial charge in [0, 0.05) is 10.6 Å². The molecule has 0 saturated heterocycles. The molecule has 0 radical (unpaired) electrons. The van der Waals surface area contributed by atoms with Crippen molar-refractivity contribution in [3.05, 3.63) is 21.9 Å². The smallest absolute Gasteiger partial charge is 0.275 e. The maximum absolute atomic E-state index is 11.2. The predicted octanol–water partition coefficient (Wildman–Crippen LogP) is 2.63. The number of hydrazine groups is 1. The highest BCUT2D eigenvalue weighted by Crippen LogP contribution is 2.23. The number of thiophene rings is 1. The number of hydrogen-bond donors (Lipinski definition) is 2. The van der Waals surface area contributed by atoms with Crippen LogP contribution in [0.3, 0.4) is 0 Å². The molecule has 5 heteroatoms. The van der Waals surface area contributed by atoms with E-state index in [0.717, 1.165) is 11.7 Å². The number of thioether (sulfide) groups is 1. The van der Waals surface area contributed by atoms with Gasteiger partial charge in [-0.2, -0.15) is 11.8 Å². The maximum Gasteiger partial charge on any atom is 0.275 e. The first kappa shape index (κ1) is 13.5. The number of rotatable bonds is 6. The fraction of sp³-hybridized carbons (Fsp3) is 0.545. The molecule has 90 valence electrons. The Balaban J connectivity index is 2.38. The maximum atomic E-state index is 11.2. The molecule has 1 heterocycles. The molecule has 0 aliphatic heterocycles. The van der Waals surface area contributed by atoms with Crippen LogP contribution in [0.1, 0.15) is 34.8 Å². The van der Waals surface area contributed by atoms with E-state index < -0.39 is 0 Å². The second-order valence-corrected chi connectivity index (χ2v) is 5.97. The molecule has 0 spiro atoms. The minimum Gasteiger partial charge on any atom is -0.289 e. The van der Waals surface area contributed by atoms with Gasteiger partial charge in [0.15, 0.2) is 0 Å². The molecule has 1 amide bonds. The average Bonchev–Trinajstić information content (AvgIpc) is 2.76. The Labute approximate surface area is 105 Å². The lowest BCUT2D eigenvalue weighted by atomic mass is 10.2. The molecule has 1 aromatic rings. The standard InChI is InChI=1S/C11H18N2OS2/c1-3-8(2)6-15-7-9-4-5-10(16-9)11(14)13-12/h4-5,8H,3,6-7,12H2,1-2H3,(H,13,14). The molecular weight excluding hydrogens is 240 g/mol. The largest absolute Gasteiger partial charge is 0.289 e. The molecule has 16 heavy (non-hydrogen) atoms. The van der Waals surface area contributed by atoms with Crippen molar-refractivity contribution >= 4 is 29.0 Å². The summed E-state index contributed by atoms with van der Waals surface area (Å²) in [5.74, 6) is 7.78. The fourth-order valence-corrected chi connectivity index (χ4v) is 3.37. The summed E-state index contributed by atoms with van der Waals surface area (Å²) in [7, 11) is 0. The van der Waals surface area contributed by atoms with Crippen molar-refractivity contribution < 1.29 is 4.79 Å². The van der Waals surface area contributed by atoms with E-state index in [1.54, 1.807) is 0 Å². The van der Waals surface area contributed by atoms with Crippen LogP contribution in [0.15, 0.2) is 12.1 Å². The van der Waals surface area contributed by atoms with Crippen LogP contribution < -0.4 is 11.3 Å². The first-order valence-corrected chi connectivity index (χ1v) is 7.31. The monoisotopic (exact) mass is 258 g/mol. The average molecular weight is 258 g/mol. The number of carbonyl (C=O) groups excluding carboxylic acids is 1. The Bertz CT molecular complexity index is 338. The van der Waals surface area contributed by atoms with Gasteiger partial charge in [-0.3, -0.25) is 10.2 Å². The summed E-state index contributed by atoms with van der Waals surface area (Å²) in [4.78, 5) is 13.1. The number of amides is 1. The molecule has 0 bridgehead atoms. The van der Waals surface area contributed by atoms with Crippen molar-refractivity contribution in [2.24, 2.45) is 11.8 Å². The zero-order chi connectivity index (χ0) is 12.0. The Morgan fingerprint density at radius 1 is 1.62 bits per heavy atom. The Morgan fingerprint density at radius 2 is 2.38 bits per heavy atom. The first-order chi connectivity index (χ1) is 7.67. The van der Waals surface area contributed by atoms with E-state index in [-0.39, 0.29) is 5.91 Å². The summed E-state index contributed by atoms with van der Waals surface area (Å²) in [5, 5.41) is 0. The fourth-order valence-electron chi connectivity index (χ4n) is 1.13. The van der Waals surface area contributed by atoms with Gasteiger partial charge in [-0.25, -0.2) is 5.84 Å². The van der Waals surface area contributed by atoms with E-state index in [9.17, 15) is 4.79 Å². The van der Waals surface area contributed by atoms with E-state index in [1.807, 2.05) is 23.9 Å². The number of nitrogens with two attached hydrogens (primary N) is 1. The summed E-state index contributed by atoms with van der Waals surface area (Å²) >= 11 is 3.43. The summed E-state index contributed by atoms with van der Waals surface area (Å²) in [5.41, 5.74) is 2.14. The summed E-state index contributed by atoms with van der Waals surface area (Å²) < 4.78 is 0. The molecule has 1 rings (SSSR count). The quantitative estimate of drug-likeness (QED) is 0.468. The minimum atomic E-state index is -0.205. The number of nitrogens with one attached hydrogen (secondary N) is 1.